The van der Waals surface area contributed by atoms with Gasteiger partial charge in [0.15, 0.2) is 24.8 Å². The van der Waals surface area contributed by atoms with Crippen molar-refractivity contribution in [3.05, 3.63) is 0 Å². The van der Waals surface area contributed by atoms with Crippen LogP contribution in [0.5, 0.6) is 0 Å². The molecule has 0 spiro atoms. The van der Waals surface area contributed by atoms with Crippen LogP contribution in [0.25, 0.3) is 0 Å². The molecule has 0 radical (unpaired) electrons. The Balaban J connectivity index is 1.22. The van der Waals surface area contributed by atoms with Gasteiger partial charge in [0.2, 0.25) is 0 Å². The molecule has 6 rings (SSSR count). The second kappa shape index (κ2) is 13.7. The van der Waals surface area contributed by atoms with E-state index in [-0.39, 0.29) is 36.1 Å². The predicted octanol–water partition coefficient (Wildman–Crippen LogP) is -3.61. The number of rotatable bonds is 6. The van der Waals surface area contributed by atoms with Crippen LogP contribution in [0.3, 0.4) is 0 Å². The van der Waals surface area contributed by atoms with Gasteiger partial charge in [-0.1, -0.05) is 0 Å². The van der Waals surface area contributed by atoms with Crippen LogP contribution in [-0.2, 0) is 23.7 Å². The fourth-order valence-electron chi connectivity index (χ4n) is 8.59. The molecule has 21 atom stereocenters. The number of hydrogen-bond acceptors (Lipinski definition) is 14. The average Bonchev–Trinajstić information content (AvgIpc) is 2.99. The van der Waals surface area contributed by atoms with E-state index >= 15 is 0 Å². The van der Waals surface area contributed by atoms with Crippen molar-refractivity contribution in [3.63, 3.8) is 0 Å². The van der Waals surface area contributed by atoms with E-state index in [4.69, 9.17) is 28.4 Å². The maximum Gasteiger partial charge on any atom is 0.187 e. The highest BCUT2D eigenvalue weighted by molar-refractivity contribution is 5.05. The molecule has 6 fully saturated rings. The summed E-state index contributed by atoms with van der Waals surface area (Å²) in [6, 6.07) is 0. The molecule has 45 heavy (non-hydrogen) atoms. The fraction of sp³-hybridized carbons (Fsp3) is 1.00. The largest absolute Gasteiger partial charge is 0.427 e. The minimum atomic E-state index is -1.68. The third-order valence-corrected chi connectivity index (χ3v) is 11.0. The molecule has 0 amide bonds. The van der Waals surface area contributed by atoms with E-state index in [9.17, 15) is 46.0 Å². The first-order chi connectivity index (χ1) is 21.3. The molecule has 4 aliphatic heterocycles. The third-order valence-electron chi connectivity index (χ3n) is 11.0. The Labute approximate surface area is 261 Å². The smallest absolute Gasteiger partial charge is 0.187 e. The summed E-state index contributed by atoms with van der Waals surface area (Å²) in [5.41, 5.74) is 0. The van der Waals surface area contributed by atoms with Crippen LogP contribution in [-0.4, -0.2) is 168 Å². The van der Waals surface area contributed by atoms with Crippen molar-refractivity contribution in [2.24, 2.45) is 17.8 Å². The number of aliphatic hydroxyl groups excluding tert-OH is 9. The van der Waals surface area contributed by atoms with Crippen molar-refractivity contribution >= 4 is 0 Å². The van der Waals surface area contributed by atoms with E-state index in [1.54, 1.807) is 0 Å². The molecule has 15 heteroatoms. The average molecular weight is 652 g/mol. The molecule has 10 N–H and O–H groups in total. The van der Waals surface area contributed by atoms with Gasteiger partial charge in [0.25, 0.3) is 0 Å². The van der Waals surface area contributed by atoms with Crippen LogP contribution in [0.2, 0.25) is 0 Å². The fourth-order valence-corrected chi connectivity index (χ4v) is 8.59. The summed E-state index contributed by atoms with van der Waals surface area (Å²) in [6.07, 6.45) is -15.4. The van der Waals surface area contributed by atoms with Crippen LogP contribution in [0.15, 0.2) is 0 Å². The Kier molecular flexibility index (Phi) is 10.5. The lowest BCUT2D eigenvalue weighted by Crippen LogP contribution is -2.67. The van der Waals surface area contributed by atoms with Gasteiger partial charge < -0.3 is 74.4 Å². The van der Waals surface area contributed by atoms with Crippen LogP contribution in [0.1, 0.15) is 52.4 Å². The zero-order valence-corrected chi connectivity index (χ0v) is 25.6. The van der Waals surface area contributed by atoms with Crippen molar-refractivity contribution in [2.45, 2.75) is 163 Å². The summed E-state index contributed by atoms with van der Waals surface area (Å²) >= 11 is 0. The minimum Gasteiger partial charge on any atom is -0.427 e. The van der Waals surface area contributed by atoms with Crippen LogP contribution >= 0.6 is 0 Å². The lowest BCUT2D eigenvalue weighted by Gasteiger charge is -2.55. The quantitative estimate of drug-likeness (QED) is 0.126. The van der Waals surface area contributed by atoms with E-state index < -0.39 is 98.5 Å². The lowest BCUT2D eigenvalue weighted by atomic mass is 9.64. The van der Waals surface area contributed by atoms with Crippen molar-refractivity contribution < 1.29 is 74.4 Å². The summed E-state index contributed by atoms with van der Waals surface area (Å²) in [5.74, 6) is -0.333. The zero-order chi connectivity index (χ0) is 32.3. The molecule has 260 valence electrons. The molecule has 15 nitrogen and oxygen atoms in total. The first kappa shape index (κ1) is 34.3. The predicted molar refractivity (Wildman–Crippen MR) is 150 cm³/mol. The van der Waals surface area contributed by atoms with Gasteiger partial charge in [0.05, 0.1) is 49.1 Å². The van der Waals surface area contributed by atoms with Gasteiger partial charge in [-0.3, -0.25) is 0 Å². The highest BCUT2D eigenvalue weighted by atomic mass is 16.7. The Morgan fingerprint density at radius 3 is 2.13 bits per heavy atom. The van der Waals surface area contributed by atoms with Crippen molar-refractivity contribution in [1.82, 2.24) is 0 Å². The summed E-state index contributed by atoms with van der Waals surface area (Å²) in [5, 5.41) is 94.5. The first-order valence-electron chi connectivity index (χ1n) is 16.4. The highest BCUT2D eigenvalue weighted by Crippen LogP contribution is 2.50. The Hall–Kier alpha value is -0.600. The van der Waals surface area contributed by atoms with Crippen LogP contribution < -0.4 is 0 Å². The molecular weight excluding hydrogens is 600 g/mol. The maximum atomic E-state index is 11.0. The van der Waals surface area contributed by atoms with E-state index in [2.05, 4.69) is 0 Å². The molecular formula is C30H51O15+. The molecule has 0 bridgehead atoms. The Morgan fingerprint density at radius 1 is 0.689 bits per heavy atom. The van der Waals surface area contributed by atoms with Gasteiger partial charge in [0, 0.05) is 24.7 Å². The minimum absolute atomic E-state index is 0.0611. The summed E-state index contributed by atoms with van der Waals surface area (Å²) in [7, 11) is 0. The highest BCUT2D eigenvalue weighted by Gasteiger charge is 2.61. The van der Waals surface area contributed by atoms with E-state index in [1.165, 1.54) is 6.92 Å². The number of hydrogen-bond donors (Lipinski definition) is 9. The topological polar surface area (TPSA) is 241 Å². The maximum absolute atomic E-state index is 11.0. The standard InChI is InChI=1S/C30H50O15/c1-10-5-14-20-17(41-10)7-13(31)8-18(20)43-27(12-3-4-15(32)16(33)6-12)28(14)45-30-26(39)24(37)22(35)19(44-30)9-40-29-25(38)23(36)21(34)11(2)42-29/h10-39H,3-9H2,1-2H3/p+1. The third kappa shape index (κ3) is 6.70. The lowest BCUT2D eigenvalue weighted by molar-refractivity contribution is -0.382. The SMILES string of the molecule is CC1CC2C(OC3OC(COC4OC(C)C(O)C(O)C4O)C(O)C(O)C3O)C(C3CCC(O)C(O)C3)[OH+]C3CC(O)CC(O1)C32. The van der Waals surface area contributed by atoms with E-state index in [0.29, 0.717) is 38.5 Å². The second-order valence-corrected chi connectivity index (χ2v) is 14.1. The Morgan fingerprint density at radius 2 is 1.40 bits per heavy atom. The normalized spacial score (nSPS) is 57.3. The van der Waals surface area contributed by atoms with Gasteiger partial charge in [-0.15, -0.1) is 0 Å². The molecule has 21 unspecified atom stereocenters. The molecule has 0 aromatic carbocycles. The number of aliphatic hydroxyl groups is 11. The van der Waals surface area contributed by atoms with Crippen LogP contribution in [0, 0.1) is 17.8 Å². The first-order valence-corrected chi connectivity index (χ1v) is 16.4. The van der Waals surface area contributed by atoms with Crippen molar-refractivity contribution in [1.29, 1.82) is 0 Å². The van der Waals surface area contributed by atoms with Gasteiger partial charge in [-0.05, 0) is 39.5 Å². The molecule has 4 saturated heterocycles. The molecule has 0 aromatic rings. The molecule has 2 saturated carbocycles. The number of ether oxygens (including phenoxy) is 6. The van der Waals surface area contributed by atoms with Gasteiger partial charge in [0.1, 0.15) is 48.8 Å². The summed E-state index contributed by atoms with van der Waals surface area (Å²) < 4.78 is 35.1. The monoisotopic (exact) mass is 651 g/mol. The molecule has 2 aliphatic carbocycles. The second-order valence-electron chi connectivity index (χ2n) is 14.1. The van der Waals surface area contributed by atoms with Gasteiger partial charge in [-0.25, -0.2) is 0 Å². The van der Waals surface area contributed by atoms with Gasteiger partial charge >= 0.3 is 0 Å². The van der Waals surface area contributed by atoms with E-state index in [0.717, 1.165) is 0 Å². The summed E-state index contributed by atoms with van der Waals surface area (Å²) in [6.45, 7) is 3.05. The van der Waals surface area contributed by atoms with Crippen LogP contribution in [0.4, 0.5) is 0 Å². The Bertz CT molecular complexity index is 989. The molecule has 6 aliphatic rings. The zero-order valence-electron chi connectivity index (χ0n) is 25.6. The summed E-state index contributed by atoms with van der Waals surface area (Å²) in [4.78, 5) is 0. The molecule has 4 heterocycles. The molecule has 0 aromatic heterocycles. The van der Waals surface area contributed by atoms with E-state index in [1.807, 2.05) is 6.92 Å². The van der Waals surface area contributed by atoms with Gasteiger partial charge in [-0.2, -0.15) is 0 Å². The van der Waals surface area contributed by atoms with Crippen molar-refractivity contribution in [2.75, 3.05) is 6.61 Å². The van der Waals surface area contributed by atoms with Crippen molar-refractivity contribution in [3.8, 4) is 0 Å².